The van der Waals surface area contributed by atoms with E-state index in [1.807, 2.05) is 20.8 Å². The lowest BCUT2D eigenvalue weighted by Crippen LogP contribution is -2.64. The SMILES string of the molecule is CCOCCCOc1ccc(SNC(=O)C[C@@H]2NC(=O)[C@H](NC(=O)[C@H](CC(C)C)NC)[C@H](O)c3ccc(c(Cl)c3)Oc3cc4cc(c3O[C@@H]3O[C@H](CO)[C@H](O)[C@H](O)[C@@H]3O[C@H]3C[C@](C)(N)[C@H](O)[C@H](C)O3)Oc3ccc(cc3Cl)[C@H](O)[C@H]3NC(=O)[C@@H](NC(=O)[C@@H]4NC2=O)c2ccc(O)c(c2)-c2c(O)cc(O)cc2[C@@H](C(=O)NC2C4CC5CC(C4)CC2C5)NC3=O)cc1. The number of aromatic hydroxyl groups is 3. The van der Waals surface area contributed by atoms with Crippen molar-refractivity contribution in [3.8, 4) is 62.9 Å². The third-order valence-electron chi connectivity index (χ3n) is 24.3. The molecule has 125 heavy (non-hydrogen) atoms. The van der Waals surface area contributed by atoms with Crippen LogP contribution in [0.15, 0.2) is 108 Å². The molecule has 35 nitrogen and oxygen atoms in total. The topological polar surface area (TPSA) is 527 Å². The van der Waals surface area contributed by atoms with Gasteiger partial charge in [-0.25, -0.2) is 0 Å². The highest BCUT2D eigenvalue weighted by molar-refractivity contribution is 7.98. The van der Waals surface area contributed by atoms with E-state index in [0.717, 1.165) is 86.5 Å². The van der Waals surface area contributed by atoms with Crippen LogP contribution in [0.5, 0.6) is 51.7 Å². The number of aliphatic hydroxyl groups is 6. The third-order valence-corrected chi connectivity index (χ3v) is 25.7. The minimum atomic E-state index is -2.36. The van der Waals surface area contributed by atoms with Gasteiger partial charge in [0, 0.05) is 59.7 Å². The first kappa shape index (κ1) is 91.3. The minimum absolute atomic E-state index is 0.0640. The zero-order valence-electron chi connectivity index (χ0n) is 69.1. The van der Waals surface area contributed by atoms with Crippen molar-refractivity contribution in [2.75, 3.05) is 33.5 Å². The van der Waals surface area contributed by atoms with Gasteiger partial charge in [-0.05, 0) is 215 Å². The number of carbonyl (C=O) groups is 8. The van der Waals surface area contributed by atoms with Crippen molar-refractivity contribution in [2.45, 2.75) is 213 Å². The van der Waals surface area contributed by atoms with Crippen molar-refractivity contribution >= 4 is 82.4 Å². The Bertz CT molecular complexity index is 5010. The Labute approximate surface area is 733 Å². The Kier molecular flexibility index (Phi) is 28.3. The van der Waals surface area contributed by atoms with Gasteiger partial charge in [-0.3, -0.25) is 43.1 Å². The number of aliphatic hydroxyl groups excluding tert-OH is 6. The first-order valence-corrected chi connectivity index (χ1v) is 43.2. The Morgan fingerprint density at radius 1 is 0.680 bits per heavy atom. The maximum Gasteiger partial charge on any atom is 0.248 e. The molecule has 0 unspecified atom stereocenters. The summed E-state index contributed by atoms with van der Waals surface area (Å²) in [6.45, 7) is 8.96. The van der Waals surface area contributed by atoms with Crippen LogP contribution >= 0.6 is 35.1 Å². The molecule has 0 aromatic heterocycles. The Balaban J connectivity index is 0.950. The van der Waals surface area contributed by atoms with Gasteiger partial charge in [0.05, 0.1) is 47.9 Å². The normalized spacial score (nSPS) is 30.4. The molecule has 18 atom stereocenters. The van der Waals surface area contributed by atoms with Gasteiger partial charge >= 0.3 is 0 Å². The molecule has 38 heteroatoms. The summed E-state index contributed by atoms with van der Waals surface area (Å²) in [5, 5.41) is 128. The van der Waals surface area contributed by atoms with Gasteiger partial charge in [0.15, 0.2) is 23.9 Å². The summed E-state index contributed by atoms with van der Waals surface area (Å²) in [7, 11) is 1.50. The van der Waals surface area contributed by atoms with Crippen LogP contribution in [-0.2, 0) is 57.3 Å². The van der Waals surface area contributed by atoms with E-state index in [9.17, 15) is 55.5 Å². The maximum absolute atomic E-state index is 16.7. The average Bonchev–Trinajstić information content (AvgIpc) is 0.759. The predicted molar refractivity (Wildman–Crippen MR) is 448 cm³/mol. The van der Waals surface area contributed by atoms with Crippen LogP contribution in [0.25, 0.3) is 11.1 Å². The molecule has 7 aliphatic heterocycles. The fourth-order valence-corrected chi connectivity index (χ4v) is 19.2. The molecule has 2 saturated heterocycles. The fourth-order valence-electron chi connectivity index (χ4n) is 18.2. The molecule has 11 aliphatic rings. The van der Waals surface area contributed by atoms with Crippen LogP contribution in [0.4, 0.5) is 0 Å². The number of rotatable bonds is 22. The second-order valence-corrected chi connectivity index (χ2v) is 35.6. The molecular formula is C87H104Cl2N10O25S. The number of carbonyl (C=O) groups excluding carboxylic acids is 8. The van der Waals surface area contributed by atoms with Crippen LogP contribution in [0, 0.1) is 29.6 Å². The number of halogens is 2. The second kappa shape index (κ2) is 38.8. The van der Waals surface area contributed by atoms with Crippen molar-refractivity contribution in [2.24, 2.45) is 35.3 Å². The zero-order chi connectivity index (χ0) is 89.3. The number of nitrogens with one attached hydrogen (secondary N) is 9. The van der Waals surface area contributed by atoms with Gasteiger partial charge in [0.1, 0.15) is 101 Å². The van der Waals surface area contributed by atoms with Crippen LogP contribution in [-0.4, -0.2) is 212 Å². The van der Waals surface area contributed by atoms with Crippen molar-refractivity contribution in [1.82, 2.24) is 47.3 Å². The highest BCUT2D eigenvalue weighted by atomic mass is 35.5. The van der Waals surface area contributed by atoms with Crippen molar-refractivity contribution in [3.05, 3.63) is 141 Å². The van der Waals surface area contributed by atoms with E-state index in [2.05, 4.69) is 47.3 Å². The average molecular weight is 1790 g/mol. The Morgan fingerprint density at radius 2 is 1.31 bits per heavy atom. The number of likely N-dealkylation sites (N-methyl/N-ethyl adjacent to an activating group) is 1. The summed E-state index contributed by atoms with van der Waals surface area (Å²) in [6.07, 6.45) is -13.5. The summed E-state index contributed by atoms with van der Waals surface area (Å²) >= 11 is 15.3. The molecule has 6 fully saturated rings. The molecule has 20 N–H and O–H groups in total. The number of hydrogen-bond donors (Lipinski definition) is 19. The predicted octanol–water partition coefficient (Wildman–Crippen LogP) is 5.11. The zero-order valence-corrected chi connectivity index (χ0v) is 71.4. The van der Waals surface area contributed by atoms with Gasteiger partial charge in [-0.15, -0.1) is 0 Å². The number of ether oxygens (including phenoxy) is 8. The molecule has 6 aromatic rings. The molecule has 7 heterocycles. The van der Waals surface area contributed by atoms with E-state index in [4.69, 9.17) is 66.8 Å². The lowest BCUT2D eigenvalue weighted by Gasteiger charge is -2.54. The molecular weight excluding hydrogens is 1690 g/mol. The van der Waals surface area contributed by atoms with E-state index in [0.29, 0.717) is 48.7 Å². The van der Waals surface area contributed by atoms with Crippen molar-refractivity contribution < 1.29 is 122 Å². The molecule has 4 saturated carbocycles. The quantitative estimate of drug-likeness (QED) is 0.0310. The van der Waals surface area contributed by atoms with Gasteiger partial charge in [-0.1, -0.05) is 55.2 Å². The van der Waals surface area contributed by atoms with E-state index >= 15 is 28.8 Å². The lowest BCUT2D eigenvalue weighted by molar-refractivity contribution is -0.333. The highest BCUT2D eigenvalue weighted by Gasteiger charge is 2.53. The summed E-state index contributed by atoms with van der Waals surface area (Å²) in [6, 6.07) is 7.11. The molecule has 8 amide bonds. The second-order valence-electron chi connectivity index (χ2n) is 33.9. The summed E-state index contributed by atoms with van der Waals surface area (Å²) in [5.74, 6) is -12.3. The van der Waals surface area contributed by atoms with E-state index in [1.165, 1.54) is 57.3 Å². The fraction of sp³-hybridized carbons (Fsp3) is 0.494. The number of phenols is 3. The highest BCUT2D eigenvalue weighted by Crippen LogP contribution is 2.55. The Hall–Kier alpha value is -9.87. The molecule has 4 aliphatic carbocycles. The molecule has 0 spiro atoms. The van der Waals surface area contributed by atoms with Crippen LogP contribution < -0.4 is 71.9 Å². The van der Waals surface area contributed by atoms with Gasteiger partial charge in [-0.2, -0.15) is 0 Å². The molecule has 15 bridgehead atoms. The van der Waals surface area contributed by atoms with Gasteiger partial charge in [0.25, 0.3) is 0 Å². The smallest absolute Gasteiger partial charge is 0.248 e. The molecule has 17 rings (SSSR count). The van der Waals surface area contributed by atoms with E-state index in [-0.39, 0.29) is 86.5 Å². The number of benzene rings is 6. The van der Waals surface area contributed by atoms with Crippen molar-refractivity contribution in [3.63, 3.8) is 0 Å². The summed E-state index contributed by atoms with van der Waals surface area (Å²) in [4.78, 5) is 125. The summed E-state index contributed by atoms with van der Waals surface area (Å²) < 4.78 is 53.1. The Morgan fingerprint density at radius 3 is 1.94 bits per heavy atom. The van der Waals surface area contributed by atoms with E-state index < -0.39 is 215 Å². The minimum Gasteiger partial charge on any atom is -0.508 e. The monoisotopic (exact) mass is 1790 g/mol. The number of amides is 8. The number of fused-ring (bicyclic) bond motifs is 15. The number of phenolic OH excluding ortho intramolecular Hbond substituents is 3. The number of hydrogen-bond acceptors (Lipinski definition) is 28. The maximum atomic E-state index is 16.7. The first-order chi connectivity index (χ1) is 59.6. The van der Waals surface area contributed by atoms with E-state index in [1.54, 1.807) is 24.3 Å². The largest absolute Gasteiger partial charge is 0.508 e. The molecule has 6 aromatic carbocycles. The van der Waals surface area contributed by atoms with Gasteiger partial charge in [0.2, 0.25) is 59.3 Å². The number of nitrogens with two attached hydrogens (primary N) is 1. The van der Waals surface area contributed by atoms with Crippen LogP contribution in [0.3, 0.4) is 0 Å². The standard InChI is InChI=1S/C87H104Cl2N10O25S/c1-7-117-19-8-20-118-48-12-14-49(15-13-48)125-99-63(104)34-55-80(111)94-68-46-30-60(120-58-17-10-42(28-52(58)88)72(105)70(84(115)92-55)97-79(110)54(91-6)21-37(2)3)76(124-86-77(75(108)74(107)62(36-100)122-86)123-64-35-87(5,90)78(109)38(4)119-64)61(31-46)121-59-18-11-43(29-53(59)89)73(106)71-85(116)96-69(83(114)93-66-44-23-39-22-40(25-44)26-45(66)24-39)51-32-47(101)33-57(103)65(51)50-27-41(9-16-56(50)102)67(81(112)98-71)95-82(68)113/h9-18,27-33,37-40,44-45,54-55,62,64,66-75,77-78,86,91,100-103,105-109H,7-8,19-26,34-36,90H2,1-6H3,(H,92,115)(H,93,114)(H,94,111)(H,95,113)(H,96,116)(H,97,110)(H,98,112)(H,99,104)/t38-,39?,40?,44?,45?,54-,55-,62+,64-,66?,67-,68+,69-,70+,71+,72+,73-,74-,75-,77-,78+,86-,87-/m0/s1. The van der Waals surface area contributed by atoms with Crippen LogP contribution in [0.1, 0.15) is 151 Å². The first-order valence-electron chi connectivity index (χ1n) is 41.7. The van der Waals surface area contributed by atoms with Crippen LogP contribution in [0.2, 0.25) is 10.0 Å². The third kappa shape index (κ3) is 20.3. The van der Waals surface area contributed by atoms with Crippen molar-refractivity contribution in [1.29, 1.82) is 0 Å². The summed E-state index contributed by atoms with van der Waals surface area (Å²) in [5.41, 5.74) is 3.12. The van der Waals surface area contributed by atoms with Gasteiger partial charge < -0.3 is 132 Å². The molecule has 672 valence electrons. The molecule has 0 radical (unpaired) electrons. The lowest BCUT2D eigenvalue weighted by atomic mass is 9.54.